The van der Waals surface area contributed by atoms with Gasteiger partial charge in [-0.05, 0) is 32.0 Å². The summed E-state index contributed by atoms with van der Waals surface area (Å²) in [6, 6.07) is 5.27. The van der Waals surface area contributed by atoms with Gasteiger partial charge in [0, 0.05) is 17.5 Å². The van der Waals surface area contributed by atoms with Gasteiger partial charge < -0.3 is 10.6 Å². The van der Waals surface area contributed by atoms with Crippen LogP contribution in [0.15, 0.2) is 23.7 Å². The standard InChI is InChI=1S/C14H16ClN3OS/c1-8-13(20-7-17-8)9(2)18-12-6-10(14(19)16-3)4-5-11(12)15/h4-7,9,18H,1-3H3,(H,16,19). The normalized spacial score (nSPS) is 12.0. The van der Waals surface area contributed by atoms with Crippen LogP contribution in [0.5, 0.6) is 0 Å². The molecule has 1 amide bonds. The lowest BCUT2D eigenvalue weighted by Gasteiger charge is -2.16. The second-order valence-corrected chi connectivity index (χ2v) is 5.74. The number of nitrogens with zero attached hydrogens (tertiary/aromatic N) is 1. The molecule has 0 aliphatic heterocycles. The van der Waals surface area contributed by atoms with Gasteiger partial charge in [0.1, 0.15) is 0 Å². The van der Waals surface area contributed by atoms with Crippen molar-refractivity contribution >= 4 is 34.5 Å². The summed E-state index contributed by atoms with van der Waals surface area (Å²) in [7, 11) is 1.60. The predicted octanol–water partition coefficient (Wildman–Crippen LogP) is 3.64. The first kappa shape index (κ1) is 14.8. The molecule has 106 valence electrons. The Bertz CT molecular complexity index is 627. The summed E-state index contributed by atoms with van der Waals surface area (Å²) in [6.45, 7) is 4.02. The van der Waals surface area contributed by atoms with Crippen molar-refractivity contribution in [2.45, 2.75) is 19.9 Å². The van der Waals surface area contributed by atoms with Crippen molar-refractivity contribution in [3.8, 4) is 0 Å². The molecule has 6 heteroatoms. The molecular formula is C14H16ClN3OS. The van der Waals surface area contributed by atoms with Crippen molar-refractivity contribution in [3.63, 3.8) is 0 Å². The van der Waals surface area contributed by atoms with E-state index in [2.05, 4.69) is 15.6 Å². The molecule has 0 saturated heterocycles. The third-order valence-electron chi connectivity index (χ3n) is 3.00. The lowest BCUT2D eigenvalue weighted by atomic mass is 10.1. The number of carbonyl (C=O) groups is 1. The minimum atomic E-state index is -0.133. The third-order valence-corrected chi connectivity index (χ3v) is 4.45. The smallest absolute Gasteiger partial charge is 0.251 e. The monoisotopic (exact) mass is 309 g/mol. The number of halogens is 1. The number of aryl methyl sites for hydroxylation is 1. The van der Waals surface area contributed by atoms with Gasteiger partial charge in [0.2, 0.25) is 0 Å². The van der Waals surface area contributed by atoms with Crippen LogP contribution in [0.25, 0.3) is 0 Å². The molecule has 0 bridgehead atoms. The summed E-state index contributed by atoms with van der Waals surface area (Å²) in [4.78, 5) is 17.1. The molecule has 1 heterocycles. The van der Waals surface area contributed by atoms with Crippen molar-refractivity contribution in [2.75, 3.05) is 12.4 Å². The largest absolute Gasteiger partial charge is 0.376 e. The maximum Gasteiger partial charge on any atom is 0.251 e. The lowest BCUT2D eigenvalue weighted by Crippen LogP contribution is -2.18. The van der Waals surface area contributed by atoms with Crippen molar-refractivity contribution < 1.29 is 4.79 Å². The van der Waals surface area contributed by atoms with Gasteiger partial charge in [-0.25, -0.2) is 4.98 Å². The molecule has 0 spiro atoms. The van der Waals surface area contributed by atoms with E-state index in [-0.39, 0.29) is 11.9 Å². The van der Waals surface area contributed by atoms with Gasteiger partial charge in [-0.3, -0.25) is 4.79 Å². The van der Waals surface area contributed by atoms with E-state index in [1.54, 1.807) is 36.6 Å². The molecule has 4 nitrogen and oxygen atoms in total. The average Bonchev–Trinajstić information content (AvgIpc) is 2.86. The molecule has 2 rings (SSSR count). The highest BCUT2D eigenvalue weighted by atomic mass is 35.5. The minimum Gasteiger partial charge on any atom is -0.376 e. The first-order valence-electron chi connectivity index (χ1n) is 6.21. The van der Waals surface area contributed by atoms with Crippen LogP contribution >= 0.6 is 22.9 Å². The summed E-state index contributed by atoms with van der Waals surface area (Å²) in [5.74, 6) is -0.133. The molecule has 0 radical (unpaired) electrons. The van der Waals surface area contributed by atoms with Crippen molar-refractivity contribution in [1.29, 1.82) is 0 Å². The zero-order valence-corrected chi connectivity index (χ0v) is 13.1. The van der Waals surface area contributed by atoms with Gasteiger partial charge in [0.25, 0.3) is 5.91 Å². The molecule has 0 fully saturated rings. The number of nitrogens with one attached hydrogen (secondary N) is 2. The fourth-order valence-corrected chi connectivity index (χ4v) is 2.93. The van der Waals surface area contributed by atoms with E-state index in [9.17, 15) is 4.79 Å². The molecule has 1 aromatic heterocycles. The summed E-state index contributed by atoms with van der Waals surface area (Å²) >= 11 is 7.78. The maximum absolute atomic E-state index is 11.7. The predicted molar refractivity (Wildman–Crippen MR) is 83.7 cm³/mol. The van der Waals surface area contributed by atoms with Crippen LogP contribution in [-0.4, -0.2) is 17.9 Å². The van der Waals surface area contributed by atoms with Gasteiger partial charge >= 0.3 is 0 Å². The Morgan fingerprint density at radius 1 is 1.45 bits per heavy atom. The minimum absolute atomic E-state index is 0.0833. The van der Waals surface area contributed by atoms with Gasteiger partial charge in [-0.2, -0.15) is 0 Å². The Hall–Kier alpha value is -1.59. The highest BCUT2D eigenvalue weighted by Gasteiger charge is 2.14. The molecule has 1 unspecified atom stereocenters. The number of carbonyl (C=O) groups excluding carboxylic acids is 1. The fourth-order valence-electron chi connectivity index (χ4n) is 1.95. The summed E-state index contributed by atoms with van der Waals surface area (Å²) < 4.78 is 0. The number of rotatable bonds is 4. The van der Waals surface area contributed by atoms with E-state index in [0.29, 0.717) is 10.6 Å². The Morgan fingerprint density at radius 2 is 2.20 bits per heavy atom. The van der Waals surface area contributed by atoms with Crippen LogP contribution < -0.4 is 10.6 Å². The van der Waals surface area contributed by atoms with Crippen LogP contribution in [0.1, 0.15) is 33.9 Å². The molecule has 0 aliphatic rings. The molecule has 2 aromatic rings. The van der Waals surface area contributed by atoms with Crippen LogP contribution in [0.2, 0.25) is 5.02 Å². The third kappa shape index (κ3) is 3.11. The zero-order valence-electron chi connectivity index (χ0n) is 11.5. The number of anilines is 1. The molecule has 2 N–H and O–H groups in total. The number of hydrogen-bond acceptors (Lipinski definition) is 4. The number of benzene rings is 1. The Labute approximate surface area is 127 Å². The van der Waals surface area contributed by atoms with E-state index in [1.165, 1.54) is 0 Å². The number of amides is 1. The van der Waals surface area contributed by atoms with E-state index < -0.39 is 0 Å². The SMILES string of the molecule is CNC(=O)c1ccc(Cl)c(NC(C)c2scnc2C)c1. The van der Waals surface area contributed by atoms with Gasteiger partial charge in [0.05, 0.1) is 28.0 Å². The van der Waals surface area contributed by atoms with E-state index in [1.807, 2.05) is 19.4 Å². The highest BCUT2D eigenvalue weighted by Crippen LogP contribution is 2.29. The first-order valence-corrected chi connectivity index (χ1v) is 7.47. The van der Waals surface area contributed by atoms with Crippen LogP contribution in [0.3, 0.4) is 0 Å². The zero-order chi connectivity index (χ0) is 14.7. The molecular weight excluding hydrogens is 294 g/mol. The van der Waals surface area contributed by atoms with Gasteiger partial charge in [-0.1, -0.05) is 11.6 Å². The first-order chi connectivity index (χ1) is 9.52. The molecule has 1 atom stereocenters. The van der Waals surface area contributed by atoms with Gasteiger partial charge in [-0.15, -0.1) is 11.3 Å². The van der Waals surface area contributed by atoms with Gasteiger partial charge in [0.15, 0.2) is 0 Å². The summed E-state index contributed by atoms with van der Waals surface area (Å²) in [6.07, 6.45) is 0. The van der Waals surface area contributed by atoms with E-state index >= 15 is 0 Å². The number of aromatic nitrogens is 1. The lowest BCUT2D eigenvalue weighted by molar-refractivity contribution is 0.0963. The average molecular weight is 310 g/mol. The number of thiazole rings is 1. The second-order valence-electron chi connectivity index (χ2n) is 4.44. The van der Waals surface area contributed by atoms with Crippen molar-refractivity contribution in [2.24, 2.45) is 0 Å². The molecule has 0 saturated carbocycles. The molecule has 1 aromatic carbocycles. The van der Waals surface area contributed by atoms with E-state index in [0.717, 1.165) is 16.3 Å². The molecule has 20 heavy (non-hydrogen) atoms. The van der Waals surface area contributed by atoms with Crippen molar-refractivity contribution in [3.05, 3.63) is 44.9 Å². The highest BCUT2D eigenvalue weighted by molar-refractivity contribution is 7.09. The fraction of sp³-hybridized carbons (Fsp3) is 0.286. The summed E-state index contributed by atoms with van der Waals surface area (Å²) in [5, 5.41) is 6.52. The maximum atomic E-state index is 11.7. The van der Waals surface area contributed by atoms with Crippen molar-refractivity contribution in [1.82, 2.24) is 10.3 Å². The quantitative estimate of drug-likeness (QED) is 0.906. The second kappa shape index (κ2) is 6.24. The molecule has 0 aliphatic carbocycles. The Morgan fingerprint density at radius 3 is 2.80 bits per heavy atom. The van der Waals surface area contributed by atoms with Crippen LogP contribution in [0.4, 0.5) is 5.69 Å². The van der Waals surface area contributed by atoms with E-state index in [4.69, 9.17) is 11.6 Å². The topological polar surface area (TPSA) is 54.0 Å². The Kier molecular flexibility index (Phi) is 4.62. The van der Waals surface area contributed by atoms with Crippen LogP contribution in [-0.2, 0) is 0 Å². The Balaban J connectivity index is 2.24. The number of hydrogen-bond donors (Lipinski definition) is 2. The summed E-state index contributed by atoms with van der Waals surface area (Å²) in [5.41, 5.74) is 4.15. The van der Waals surface area contributed by atoms with Crippen LogP contribution in [0, 0.1) is 6.92 Å².